The number of halogens is 1. The third-order valence-electron chi connectivity index (χ3n) is 4.15. The minimum Gasteiger partial charge on any atom is -0.444 e. The summed E-state index contributed by atoms with van der Waals surface area (Å²) >= 11 is 0. The molecule has 0 radical (unpaired) electrons. The maximum Gasteiger partial charge on any atom is 0.407 e. The summed E-state index contributed by atoms with van der Waals surface area (Å²) in [6.45, 7) is 8.27. The van der Waals surface area contributed by atoms with Crippen LogP contribution in [0.1, 0.15) is 32.6 Å². The average Bonchev–Trinajstić information content (AvgIpc) is 3.16. The summed E-state index contributed by atoms with van der Waals surface area (Å²) in [6, 6.07) is 5.54. The Bertz CT molecular complexity index is 799. The first kappa shape index (κ1) is 20.8. The quantitative estimate of drug-likeness (QED) is 0.677. The van der Waals surface area contributed by atoms with Crippen molar-refractivity contribution in [1.29, 1.82) is 0 Å². The Labute approximate surface area is 169 Å². The highest BCUT2D eigenvalue weighted by Gasteiger charge is 2.22. The molecule has 1 fully saturated rings. The third-order valence-corrected chi connectivity index (χ3v) is 4.15. The van der Waals surface area contributed by atoms with Gasteiger partial charge in [0.25, 0.3) is 0 Å². The van der Waals surface area contributed by atoms with Gasteiger partial charge in [-0.15, -0.1) is 5.10 Å². The third kappa shape index (κ3) is 6.31. The molecular formula is C19H27FN6O3. The number of ether oxygens (including phenoxy) is 2. The molecule has 2 heterocycles. The number of rotatable bonds is 6. The fourth-order valence-corrected chi connectivity index (χ4v) is 2.79. The van der Waals surface area contributed by atoms with Gasteiger partial charge in [-0.3, -0.25) is 5.10 Å². The van der Waals surface area contributed by atoms with E-state index in [2.05, 4.69) is 25.8 Å². The lowest BCUT2D eigenvalue weighted by Gasteiger charge is -2.25. The van der Waals surface area contributed by atoms with Crippen molar-refractivity contribution < 1.29 is 18.7 Å². The Morgan fingerprint density at radius 2 is 2.00 bits per heavy atom. The minimum absolute atomic E-state index is 0.198. The normalized spacial score (nSPS) is 15.7. The van der Waals surface area contributed by atoms with Gasteiger partial charge in [0.2, 0.25) is 5.95 Å². The van der Waals surface area contributed by atoms with Crippen LogP contribution in [0.4, 0.5) is 20.8 Å². The number of carbonyl (C=O) groups is 1. The van der Waals surface area contributed by atoms with E-state index in [9.17, 15) is 9.18 Å². The number of nitrogens with zero attached hydrogens (tertiary/aromatic N) is 3. The first-order chi connectivity index (χ1) is 13.8. The summed E-state index contributed by atoms with van der Waals surface area (Å²) < 4.78 is 23.9. The van der Waals surface area contributed by atoms with Crippen LogP contribution in [0, 0.1) is 5.82 Å². The van der Waals surface area contributed by atoms with Crippen molar-refractivity contribution in [3.63, 3.8) is 0 Å². The first-order valence-corrected chi connectivity index (χ1v) is 9.54. The summed E-state index contributed by atoms with van der Waals surface area (Å²) in [5, 5.41) is 13.2. The summed E-state index contributed by atoms with van der Waals surface area (Å²) in [4.78, 5) is 18.7. The van der Waals surface area contributed by atoms with E-state index in [1.54, 1.807) is 32.9 Å². The van der Waals surface area contributed by atoms with Gasteiger partial charge < -0.3 is 25.0 Å². The van der Waals surface area contributed by atoms with Crippen molar-refractivity contribution >= 4 is 17.7 Å². The number of benzene rings is 1. The van der Waals surface area contributed by atoms with Gasteiger partial charge in [0, 0.05) is 25.3 Å². The van der Waals surface area contributed by atoms with Crippen molar-refractivity contribution in [2.24, 2.45) is 0 Å². The van der Waals surface area contributed by atoms with Gasteiger partial charge in [0.05, 0.1) is 13.2 Å². The predicted octanol–water partition coefficient (Wildman–Crippen LogP) is 2.46. The van der Waals surface area contributed by atoms with Gasteiger partial charge in [-0.05, 0) is 45.0 Å². The van der Waals surface area contributed by atoms with Gasteiger partial charge in [0.15, 0.2) is 5.82 Å². The zero-order valence-corrected chi connectivity index (χ0v) is 16.9. The molecule has 0 bridgehead atoms. The standard InChI is InChI=1S/C19H27FN6O3/c1-19(2,3)29-18(27)21-12-15(22-14-6-4-13(20)5-7-14)16-23-17(25-24-16)26-8-10-28-11-9-26/h4-7,15,22H,8-12H2,1-3H3,(H,21,27)(H,23,24,25). The summed E-state index contributed by atoms with van der Waals surface area (Å²) in [7, 11) is 0. The van der Waals surface area contributed by atoms with Crippen LogP contribution in [-0.2, 0) is 9.47 Å². The van der Waals surface area contributed by atoms with Gasteiger partial charge in [-0.25, -0.2) is 9.18 Å². The maximum atomic E-state index is 13.2. The number of anilines is 2. The van der Waals surface area contributed by atoms with Gasteiger partial charge >= 0.3 is 6.09 Å². The van der Waals surface area contributed by atoms with E-state index in [0.29, 0.717) is 43.8 Å². The zero-order chi connectivity index (χ0) is 20.9. The van der Waals surface area contributed by atoms with E-state index < -0.39 is 17.7 Å². The number of aromatic nitrogens is 3. The highest BCUT2D eigenvalue weighted by atomic mass is 19.1. The fraction of sp³-hybridized carbons (Fsp3) is 0.526. The summed E-state index contributed by atoms with van der Waals surface area (Å²) in [5.74, 6) is 0.798. The molecule has 0 spiro atoms. The molecule has 3 rings (SSSR count). The molecule has 1 atom stereocenters. The Morgan fingerprint density at radius 3 is 2.66 bits per heavy atom. The van der Waals surface area contributed by atoms with Crippen LogP contribution in [-0.4, -0.2) is 59.7 Å². The monoisotopic (exact) mass is 406 g/mol. The Balaban J connectivity index is 1.72. The maximum absolute atomic E-state index is 13.2. The number of hydrogen-bond acceptors (Lipinski definition) is 7. The molecular weight excluding hydrogens is 379 g/mol. The first-order valence-electron chi connectivity index (χ1n) is 9.54. The fourth-order valence-electron chi connectivity index (χ4n) is 2.79. The predicted molar refractivity (Wildman–Crippen MR) is 106 cm³/mol. The SMILES string of the molecule is CC(C)(C)OC(=O)NCC(Nc1ccc(F)cc1)c1nc(N2CCOCC2)n[nH]1. The van der Waals surface area contributed by atoms with Crippen LogP contribution in [0.3, 0.4) is 0 Å². The second-order valence-electron chi connectivity index (χ2n) is 7.71. The number of nitrogens with one attached hydrogen (secondary N) is 3. The molecule has 29 heavy (non-hydrogen) atoms. The smallest absolute Gasteiger partial charge is 0.407 e. The number of aromatic amines is 1. The number of amides is 1. The molecule has 1 saturated heterocycles. The number of H-pyrrole nitrogens is 1. The van der Waals surface area contributed by atoms with E-state index >= 15 is 0 Å². The van der Waals surface area contributed by atoms with Gasteiger partial charge in [-0.2, -0.15) is 4.98 Å². The van der Waals surface area contributed by atoms with E-state index in [0.717, 1.165) is 0 Å². The molecule has 2 aromatic rings. The molecule has 0 saturated carbocycles. The Morgan fingerprint density at radius 1 is 1.31 bits per heavy atom. The molecule has 3 N–H and O–H groups in total. The van der Waals surface area contributed by atoms with Crippen molar-refractivity contribution in [3.05, 3.63) is 35.9 Å². The molecule has 1 amide bonds. The molecule has 158 valence electrons. The van der Waals surface area contributed by atoms with Crippen LogP contribution in [0.2, 0.25) is 0 Å². The molecule has 1 aromatic heterocycles. The number of alkyl carbamates (subject to hydrolysis) is 1. The van der Waals surface area contributed by atoms with Crippen LogP contribution in [0.25, 0.3) is 0 Å². The average molecular weight is 406 g/mol. The van der Waals surface area contributed by atoms with Crippen LogP contribution in [0.5, 0.6) is 0 Å². The minimum atomic E-state index is -0.598. The molecule has 1 unspecified atom stereocenters. The Hall–Kier alpha value is -2.88. The molecule has 9 nitrogen and oxygen atoms in total. The molecule has 1 aliphatic heterocycles. The largest absolute Gasteiger partial charge is 0.444 e. The second kappa shape index (κ2) is 9.08. The summed E-state index contributed by atoms with van der Waals surface area (Å²) in [6.07, 6.45) is -0.531. The van der Waals surface area contributed by atoms with Crippen molar-refractivity contribution in [1.82, 2.24) is 20.5 Å². The van der Waals surface area contributed by atoms with E-state index in [4.69, 9.17) is 9.47 Å². The lowest BCUT2D eigenvalue weighted by atomic mass is 10.2. The lowest BCUT2D eigenvalue weighted by molar-refractivity contribution is 0.0525. The molecule has 10 heteroatoms. The number of hydrogen-bond donors (Lipinski definition) is 3. The van der Waals surface area contributed by atoms with E-state index in [-0.39, 0.29) is 12.4 Å². The molecule has 1 aliphatic rings. The van der Waals surface area contributed by atoms with E-state index in [1.807, 2.05) is 4.90 Å². The number of morpholine rings is 1. The van der Waals surface area contributed by atoms with Crippen molar-refractivity contribution in [2.45, 2.75) is 32.4 Å². The summed E-state index contributed by atoms with van der Waals surface area (Å²) in [5.41, 5.74) is 0.0893. The number of carbonyl (C=O) groups excluding carboxylic acids is 1. The van der Waals surface area contributed by atoms with Gasteiger partial charge in [-0.1, -0.05) is 0 Å². The lowest BCUT2D eigenvalue weighted by Crippen LogP contribution is -2.37. The van der Waals surface area contributed by atoms with Gasteiger partial charge in [0.1, 0.15) is 17.5 Å². The highest BCUT2D eigenvalue weighted by Crippen LogP contribution is 2.19. The van der Waals surface area contributed by atoms with Crippen LogP contribution < -0.4 is 15.5 Å². The van der Waals surface area contributed by atoms with Crippen molar-refractivity contribution in [2.75, 3.05) is 43.1 Å². The van der Waals surface area contributed by atoms with E-state index in [1.165, 1.54) is 12.1 Å². The topological polar surface area (TPSA) is 104 Å². The van der Waals surface area contributed by atoms with Crippen LogP contribution >= 0.6 is 0 Å². The zero-order valence-electron chi connectivity index (χ0n) is 16.9. The van der Waals surface area contributed by atoms with Crippen LogP contribution in [0.15, 0.2) is 24.3 Å². The molecule has 0 aliphatic carbocycles. The molecule has 1 aromatic carbocycles. The second-order valence-corrected chi connectivity index (χ2v) is 7.71. The van der Waals surface area contributed by atoms with Crippen molar-refractivity contribution in [3.8, 4) is 0 Å². The Kier molecular flexibility index (Phi) is 6.53. The highest BCUT2D eigenvalue weighted by molar-refractivity contribution is 5.67.